The molecule has 22 heavy (non-hydrogen) atoms. The van der Waals surface area contributed by atoms with Gasteiger partial charge in [0, 0.05) is 30.5 Å². The molecule has 1 aromatic heterocycles. The number of carbonyl (C=O) groups excluding carboxylic acids is 1. The smallest absolute Gasteiger partial charge is 0.321 e. The van der Waals surface area contributed by atoms with Crippen LogP contribution in [0.2, 0.25) is 10.0 Å². The van der Waals surface area contributed by atoms with Crippen molar-refractivity contribution in [1.82, 2.24) is 14.7 Å². The first-order chi connectivity index (χ1) is 10.5. The summed E-state index contributed by atoms with van der Waals surface area (Å²) >= 11 is 12.2. The lowest BCUT2D eigenvalue weighted by atomic mass is 10.2. The topological polar surface area (TPSA) is 50.2 Å². The number of halogens is 2. The molecule has 1 fully saturated rings. The number of nitrogens with zero attached hydrogens (tertiary/aromatic N) is 3. The number of carbonyl (C=O) groups is 1. The van der Waals surface area contributed by atoms with E-state index in [1.807, 2.05) is 23.9 Å². The Morgan fingerprint density at radius 1 is 1.36 bits per heavy atom. The molecular formula is C15H16Cl2N4O. The van der Waals surface area contributed by atoms with Crippen LogP contribution in [-0.2, 0) is 0 Å². The summed E-state index contributed by atoms with van der Waals surface area (Å²) in [5, 5.41) is 8.12. The highest BCUT2D eigenvalue weighted by Gasteiger charge is 2.28. The second-order valence-corrected chi connectivity index (χ2v) is 6.20. The lowest BCUT2D eigenvalue weighted by Crippen LogP contribution is -2.33. The second-order valence-electron chi connectivity index (χ2n) is 5.39. The number of nitrogens with one attached hydrogen (secondary N) is 1. The van der Waals surface area contributed by atoms with Crippen LogP contribution < -0.4 is 5.32 Å². The number of likely N-dealkylation sites (tertiary alicyclic amines) is 1. The van der Waals surface area contributed by atoms with E-state index < -0.39 is 0 Å². The van der Waals surface area contributed by atoms with Crippen LogP contribution >= 0.6 is 23.2 Å². The van der Waals surface area contributed by atoms with Crippen molar-refractivity contribution in [1.29, 1.82) is 0 Å². The Balaban J connectivity index is 1.67. The van der Waals surface area contributed by atoms with Crippen LogP contribution in [0.1, 0.15) is 18.0 Å². The second kappa shape index (κ2) is 6.18. The highest BCUT2D eigenvalue weighted by atomic mass is 35.5. The van der Waals surface area contributed by atoms with Gasteiger partial charge in [0.05, 0.1) is 16.8 Å². The van der Waals surface area contributed by atoms with Gasteiger partial charge in [-0.05, 0) is 37.1 Å². The van der Waals surface area contributed by atoms with E-state index in [2.05, 4.69) is 10.4 Å². The summed E-state index contributed by atoms with van der Waals surface area (Å²) in [6.45, 7) is 3.19. The minimum absolute atomic E-state index is 0.170. The summed E-state index contributed by atoms with van der Waals surface area (Å²) in [6.07, 6.45) is 4.55. The minimum Gasteiger partial charge on any atom is -0.322 e. The van der Waals surface area contributed by atoms with Crippen molar-refractivity contribution >= 4 is 34.9 Å². The molecule has 2 aromatic rings. The van der Waals surface area contributed by atoms with Gasteiger partial charge in [0.25, 0.3) is 0 Å². The maximum absolute atomic E-state index is 12.4. The summed E-state index contributed by atoms with van der Waals surface area (Å²) in [4.78, 5) is 14.1. The van der Waals surface area contributed by atoms with E-state index >= 15 is 0 Å². The zero-order valence-corrected chi connectivity index (χ0v) is 13.6. The first kappa shape index (κ1) is 15.2. The first-order valence-corrected chi connectivity index (χ1v) is 7.81. The van der Waals surface area contributed by atoms with E-state index in [9.17, 15) is 4.79 Å². The van der Waals surface area contributed by atoms with Gasteiger partial charge >= 0.3 is 6.03 Å². The number of anilines is 1. The van der Waals surface area contributed by atoms with Crippen molar-refractivity contribution in [2.75, 3.05) is 18.4 Å². The first-order valence-electron chi connectivity index (χ1n) is 7.05. The Labute approximate surface area is 138 Å². The molecule has 0 radical (unpaired) electrons. The van der Waals surface area contributed by atoms with E-state index in [-0.39, 0.29) is 12.1 Å². The molecule has 1 aliphatic heterocycles. The standard InChI is InChI=1S/C15H16Cl2N4O/c1-10-7-13(17)14(8-12(10)16)19-15(22)20-6-3-11(9-20)21-5-2-4-18-21/h2,4-5,7-8,11H,3,6,9H2,1H3,(H,19,22)/t11-/m0/s1. The van der Waals surface area contributed by atoms with Crippen LogP contribution in [0.4, 0.5) is 10.5 Å². The van der Waals surface area contributed by atoms with E-state index in [4.69, 9.17) is 23.2 Å². The molecule has 1 saturated heterocycles. The Morgan fingerprint density at radius 3 is 2.91 bits per heavy atom. The SMILES string of the molecule is Cc1cc(Cl)c(NC(=O)N2CC[C@H](n3cccn3)C2)cc1Cl. The third-order valence-electron chi connectivity index (χ3n) is 3.84. The Bertz CT molecular complexity index is 687. The molecule has 3 rings (SSSR count). The van der Waals surface area contributed by atoms with Gasteiger partial charge in [-0.1, -0.05) is 23.2 Å². The fourth-order valence-corrected chi connectivity index (χ4v) is 3.00. The fourth-order valence-electron chi connectivity index (χ4n) is 2.58. The number of aryl methyl sites for hydroxylation is 1. The normalized spacial score (nSPS) is 17.8. The van der Waals surface area contributed by atoms with Crippen molar-refractivity contribution in [2.45, 2.75) is 19.4 Å². The predicted molar refractivity (Wildman–Crippen MR) is 87.7 cm³/mol. The van der Waals surface area contributed by atoms with Crippen molar-refractivity contribution in [3.8, 4) is 0 Å². The van der Waals surface area contributed by atoms with Gasteiger partial charge in [0.1, 0.15) is 0 Å². The Morgan fingerprint density at radius 2 is 2.18 bits per heavy atom. The Hall–Kier alpha value is -1.72. The van der Waals surface area contributed by atoms with E-state index in [1.54, 1.807) is 23.2 Å². The van der Waals surface area contributed by atoms with E-state index in [0.717, 1.165) is 12.0 Å². The number of amides is 2. The predicted octanol–water partition coefficient (Wildman–Crippen LogP) is 3.98. The summed E-state index contributed by atoms with van der Waals surface area (Å²) in [6, 6.07) is 5.36. The largest absolute Gasteiger partial charge is 0.322 e. The lowest BCUT2D eigenvalue weighted by Gasteiger charge is -2.18. The summed E-state index contributed by atoms with van der Waals surface area (Å²) in [7, 11) is 0. The number of hydrogen-bond donors (Lipinski definition) is 1. The molecule has 1 N–H and O–H groups in total. The number of benzene rings is 1. The van der Waals surface area contributed by atoms with E-state index in [0.29, 0.717) is 28.8 Å². The third kappa shape index (κ3) is 3.05. The van der Waals surface area contributed by atoms with Crippen molar-refractivity contribution in [3.05, 3.63) is 46.2 Å². The molecular weight excluding hydrogens is 323 g/mol. The number of hydrogen-bond acceptors (Lipinski definition) is 2. The van der Waals surface area contributed by atoms with Crippen molar-refractivity contribution in [2.24, 2.45) is 0 Å². The molecule has 116 valence electrons. The number of rotatable bonds is 2. The molecule has 0 saturated carbocycles. The molecule has 1 aliphatic rings. The molecule has 5 nitrogen and oxygen atoms in total. The molecule has 1 aromatic carbocycles. The van der Waals surface area contributed by atoms with Gasteiger partial charge in [0.15, 0.2) is 0 Å². The zero-order valence-electron chi connectivity index (χ0n) is 12.1. The molecule has 2 amide bonds. The Kier molecular flexibility index (Phi) is 4.27. The van der Waals surface area contributed by atoms with Crippen LogP contribution in [0.15, 0.2) is 30.6 Å². The molecule has 1 atom stereocenters. The molecule has 0 bridgehead atoms. The van der Waals surface area contributed by atoms with Crippen LogP contribution in [0.5, 0.6) is 0 Å². The lowest BCUT2D eigenvalue weighted by molar-refractivity contribution is 0.220. The average molecular weight is 339 g/mol. The quantitative estimate of drug-likeness (QED) is 0.900. The van der Waals surface area contributed by atoms with Crippen LogP contribution in [0.25, 0.3) is 0 Å². The maximum Gasteiger partial charge on any atom is 0.321 e. The van der Waals surface area contributed by atoms with Gasteiger partial charge < -0.3 is 10.2 Å². The van der Waals surface area contributed by atoms with E-state index in [1.165, 1.54) is 0 Å². The van der Waals surface area contributed by atoms with Gasteiger partial charge in [-0.15, -0.1) is 0 Å². The minimum atomic E-state index is -0.170. The monoisotopic (exact) mass is 338 g/mol. The van der Waals surface area contributed by atoms with Gasteiger partial charge in [-0.3, -0.25) is 4.68 Å². The highest BCUT2D eigenvalue weighted by molar-refractivity contribution is 6.36. The summed E-state index contributed by atoms with van der Waals surface area (Å²) in [5.41, 5.74) is 1.41. The molecule has 0 aliphatic carbocycles. The highest BCUT2D eigenvalue weighted by Crippen LogP contribution is 2.29. The fraction of sp³-hybridized carbons (Fsp3) is 0.333. The average Bonchev–Trinajstić information content (AvgIpc) is 3.15. The third-order valence-corrected chi connectivity index (χ3v) is 4.56. The van der Waals surface area contributed by atoms with Crippen LogP contribution in [0.3, 0.4) is 0 Å². The van der Waals surface area contributed by atoms with Gasteiger partial charge in [-0.2, -0.15) is 5.10 Å². The maximum atomic E-state index is 12.4. The van der Waals surface area contributed by atoms with Crippen molar-refractivity contribution < 1.29 is 4.79 Å². The molecule has 0 spiro atoms. The number of urea groups is 1. The molecule has 2 heterocycles. The number of aromatic nitrogens is 2. The van der Waals surface area contributed by atoms with Crippen LogP contribution in [0, 0.1) is 6.92 Å². The summed E-state index contributed by atoms with van der Waals surface area (Å²) < 4.78 is 1.89. The van der Waals surface area contributed by atoms with Gasteiger partial charge in [-0.25, -0.2) is 4.79 Å². The zero-order chi connectivity index (χ0) is 15.7. The van der Waals surface area contributed by atoms with Gasteiger partial charge in [0.2, 0.25) is 0 Å². The molecule has 7 heteroatoms. The summed E-state index contributed by atoms with van der Waals surface area (Å²) in [5.74, 6) is 0. The molecule has 0 unspecified atom stereocenters. The van der Waals surface area contributed by atoms with Crippen molar-refractivity contribution in [3.63, 3.8) is 0 Å². The van der Waals surface area contributed by atoms with Crippen LogP contribution in [-0.4, -0.2) is 33.8 Å².